The van der Waals surface area contributed by atoms with Crippen LogP contribution < -0.4 is 15.5 Å². The van der Waals surface area contributed by atoms with Crippen molar-refractivity contribution in [2.24, 2.45) is 0 Å². The molecule has 2 heterocycles. The molecule has 2 N–H and O–H groups in total. The van der Waals surface area contributed by atoms with Gasteiger partial charge in [-0.15, -0.1) is 0 Å². The number of carbonyl (C=O) groups is 3. The van der Waals surface area contributed by atoms with Gasteiger partial charge in [-0.05, 0) is 102 Å². The van der Waals surface area contributed by atoms with Crippen LogP contribution in [0.3, 0.4) is 0 Å². The average molecular weight is 682 g/mol. The first-order valence-corrected chi connectivity index (χ1v) is 16.1. The molecule has 0 spiro atoms. The van der Waals surface area contributed by atoms with E-state index in [2.05, 4.69) is 34.5 Å². The van der Waals surface area contributed by atoms with Crippen molar-refractivity contribution in [1.29, 1.82) is 0 Å². The van der Waals surface area contributed by atoms with Gasteiger partial charge in [0.25, 0.3) is 11.8 Å². The van der Waals surface area contributed by atoms with Crippen molar-refractivity contribution in [3.8, 4) is 0 Å². The third kappa shape index (κ3) is 8.57. The van der Waals surface area contributed by atoms with Crippen LogP contribution in [0.1, 0.15) is 80.3 Å². The number of alkyl halides is 3. The minimum Gasteiger partial charge on any atom is -0.460 e. The first-order valence-electron chi connectivity index (χ1n) is 16.1. The van der Waals surface area contributed by atoms with Gasteiger partial charge >= 0.3 is 12.1 Å². The van der Waals surface area contributed by atoms with E-state index in [4.69, 9.17) is 4.74 Å². The average Bonchev–Trinajstić information content (AvgIpc) is 3.35. The minimum atomic E-state index is -4.56. The van der Waals surface area contributed by atoms with E-state index in [1.54, 1.807) is 45.0 Å². The summed E-state index contributed by atoms with van der Waals surface area (Å²) in [7, 11) is 0. The molecule has 1 saturated heterocycles. The number of benzene rings is 3. The van der Waals surface area contributed by atoms with E-state index in [1.807, 2.05) is 0 Å². The van der Waals surface area contributed by atoms with Crippen molar-refractivity contribution < 1.29 is 36.7 Å². The van der Waals surface area contributed by atoms with Crippen LogP contribution >= 0.6 is 0 Å². The first-order chi connectivity index (χ1) is 23.0. The molecular weight excluding hydrogens is 642 g/mol. The Labute approximate surface area is 281 Å². The van der Waals surface area contributed by atoms with Crippen LogP contribution in [0, 0.1) is 5.82 Å². The van der Waals surface area contributed by atoms with E-state index in [0.717, 1.165) is 36.1 Å². The number of hydrogen-bond acceptors (Lipinski definition) is 6. The monoisotopic (exact) mass is 681 g/mol. The van der Waals surface area contributed by atoms with Gasteiger partial charge in [0.05, 0.1) is 23.3 Å². The molecular formula is C36H39F4N5O4. The molecule has 4 aromatic rings. The molecule has 0 bridgehead atoms. The Morgan fingerprint density at radius 2 is 1.57 bits per heavy atom. The number of ether oxygens (including phenoxy) is 1. The molecule has 2 unspecified atom stereocenters. The van der Waals surface area contributed by atoms with Crippen LogP contribution in [0.15, 0.2) is 60.7 Å². The maximum atomic E-state index is 14.2. The maximum absolute atomic E-state index is 14.2. The van der Waals surface area contributed by atoms with Crippen LogP contribution in [0.5, 0.6) is 0 Å². The molecule has 1 fully saturated rings. The standard InChI is InChI=1S/C36H39F4N5O4/c1-21-9-8-10-22(2)45(21)30-16-13-23(33(47)41-27-15-14-25(37)17-24(27)19-31(46)49-35(3,4)5)18-28(30)42-34(48)32-26-11-6-7-12-29(26)44(43-32)20-36(38,39)40/h6-7,11-18,21-22H,8-10,19-20H2,1-5H3,(H,41,47)(H,42,48). The van der Waals surface area contributed by atoms with Gasteiger partial charge in [-0.3, -0.25) is 19.1 Å². The zero-order chi connectivity index (χ0) is 35.7. The molecule has 5 rings (SSSR count). The van der Waals surface area contributed by atoms with Crippen molar-refractivity contribution >= 4 is 45.7 Å². The highest BCUT2D eigenvalue weighted by molar-refractivity contribution is 6.13. The fourth-order valence-electron chi connectivity index (χ4n) is 6.22. The van der Waals surface area contributed by atoms with E-state index in [1.165, 1.54) is 24.3 Å². The highest BCUT2D eigenvalue weighted by Crippen LogP contribution is 2.36. The summed E-state index contributed by atoms with van der Waals surface area (Å²) < 4.78 is 60.4. The van der Waals surface area contributed by atoms with Crippen LogP contribution in [0.25, 0.3) is 10.9 Å². The molecule has 1 aliphatic heterocycles. The number of esters is 1. The third-order valence-corrected chi connectivity index (χ3v) is 8.25. The van der Waals surface area contributed by atoms with Gasteiger partial charge < -0.3 is 20.3 Å². The summed E-state index contributed by atoms with van der Waals surface area (Å²) in [5.41, 5.74) is 0.643. The van der Waals surface area contributed by atoms with Crippen LogP contribution in [-0.2, 0) is 22.5 Å². The van der Waals surface area contributed by atoms with Gasteiger partial charge in [-0.25, -0.2) is 4.39 Å². The Morgan fingerprint density at radius 1 is 0.898 bits per heavy atom. The zero-order valence-electron chi connectivity index (χ0n) is 28.0. The second kappa shape index (κ2) is 13.9. The fraction of sp³-hybridized carbons (Fsp3) is 0.389. The van der Waals surface area contributed by atoms with Crippen molar-refractivity contribution in [3.63, 3.8) is 0 Å². The number of anilines is 3. The number of carbonyl (C=O) groups excluding carboxylic acids is 3. The summed E-state index contributed by atoms with van der Waals surface area (Å²) in [6.07, 6.45) is -2.03. The summed E-state index contributed by atoms with van der Waals surface area (Å²) in [6.45, 7) is 7.89. The van der Waals surface area contributed by atoms with E-state index in [9.17, 15) is 31.9 Å². The van der Waals surface area contributed by atoms with Crippen molar-refractivity contribution in [2.45, 2.75) is 90.7 Å². The lowest BCUT2D eigenvalue weighted by molar-refractivity contribution is -0.154. The number of aromatic nitrogens is 2. The Morgan fingerprint density at radius 3 is 2.24 bits per heavy atom. The summed E-state index contributed by atoms with van der Waals surface area (Å²) in [6, 6.07) is 14.8. The SMILES string of the molecule is CC1CCCC(C)N1c1ccc(C(=O)Nc2ccc(F)cc2CC(=O)OC(C)(C)C)cc1NC(=O)c1nn(CC(F)(F)F)c2ccccc12. The molecule has 0 radical (unpaired) electrons. The number of para-hydroxylation sites is 1. The lowest BCUT2D eigenvalue weighted by atomic mass is 9.96. The highest BCUT2D eigenvalue weighted by Gasteiger charge is 2.32. The molecule has 1 aliphatic rings. The summed E-state index contributed by atoms with van der Waals surface area (Å²) in [4.78, 5) is 42.1. The van der Waals surface area contributed by atoms with Crippen molar-refractivity contribution in [2.75, 3.05) is 15.5 Å². The van der Waals surface area contributed by atoms with E-state index >= 15 is 0 Å². The van der Waals surface area contributed by atoms with Crippen molar-refractivity contribution in [3.05, 3.63) is 83.3 Å². The summed E-state index contributed by atoms with van der Waals surface area (Å²) >= 11 is 0. The van der Waals surface area contributed by atoms with E-state index in [-0.39, 0.29) is 57.6 Å². The van der Waals surface area contributed by atoms with Gasteiger partial charge in [0.1, 0.15) is 18.0 Å². The molecule has 0 aliphatic carbocycles. The number of nitrogens with zero attached hydrogens (tertiary/aromatic N) is 3. The smallest absolute Gasteiger partial charge is 0.408 e. The topological polar surface area (TPSA) is 106 Å². The minimum absolute atomic E-state index is 0.0977. The molecule has 0 saturated carbocycles. The van der Waals surface area contributed by atoms with Gasteiger partial charge in [0, 0.05) is 28.7 Å². The lowest BCUT2D eigenvalue weighted by Gasteiger charge is -2.42. The number of nitrogens with one attached hydrogen (secondary N) is 2. The summed E-state index contributed by atoms with van der Waals surface area (Å²) in [5.74, 6) is -2.54. The second-order valence-corrected chi connectivity index (χ2v) is 13.4. The van der Waals surface area contributed by atoms with E-state index in [0.29, 0.717) is 5.69 Å². The zero-order valence-corrected chi connectivity index (χ0v) is 28.0. The normalized spacial score (nSPS) is 16.8. The molecule has 13 heteroatoms. The first kappa shape index (κ1) is 35.4. The molecule has 2 atom stereocenters. The molecule has 2 amide bonds. The number of amides is 2. The number of rotatable bonds is 8. The van der Waals surface area contributed by atoms with Crippen LogP contribution in [0.2, 0.25) is 0 Å². The molecule has 49 heavy (non-hydrogen) atoms. The largest absolute Gasteiger partial charge is 0.460 e. The fourth-order valence-corrected chi connectivity index (χ4v) is 6.22. The van der Waals surface area contributed by atoms with Gasteiger partial charge in [-0.1, -0.05) is 18.2 Å². The van der Waals surface area contributed by atoms with Crippen molar-refractivity contribution in [1.82, 2.24) is 9.78 Å². The van der Waals surface area contributed by atoms with E-state index < -0.39 is 41.9 Å². The predicted octanol–water partition coefficient (Wildman–Crippen LogP) is 7.89. The molecule has 260 valence electrons. The molecule has 9 nitrogen and oxygen atoms in total. The predicted molar refractivity (Wildman–Crippen MR) is 179 cm³/mol. The maximum Gasteiger partial charge on any atom is 0.408 e. The van der Waals surface area contributed by atoms with Gasteiger partial charge in [0.2, 0.25) is 0 Å². The third-order valence-electron chi connectivity index (χ3n) is 8.25. The highest BCUT2D eigenvalue weighted by atomic mass is 19.4. The Bertz CT molecular complexity index is 1870. The number of piperidine rings is 1. The Balaban J connectivity index is 1.49. The van der Waals surface area contributed by atoms with Crippen LogP contribution in [-0.4, -0.2) is 51.4 Å². The van der Waals surface area contributed by atoms with Crippen LogP contribution in [0.4, 0.5) is 34.6 Å². The quantitative estimate of drug-likeness (QED) is 0.145. The second-order valence-electron chi connectivity index (χ2n) is 13.4. The molecule has 3 aromatic carbocycles. The number of halogens is 4. The Kier molecular flexibility index (Phi) is 10.0. The Hall–Kier alpha value is -4.94. The molecule has 1 aromatic heterocycles. The summed E-state index contributed by atoms with van der Waals surface area (Å²) in [5, 5.41) is 9.85. The number of fused-ring (bicyclic) bond motifs is 1. The number of hydrogen-bond donors (Lipinski definition) is 2. The van der Waals surface area contributed by atoms with Gasteiger partial charge in [-0.2, -0.15) is 18.3 Å². The van der Waals surface area contributed by atoms with Gasteiger partial charge in [0.15, 0.2) is 5.69 Å². The lowest BCUT2D eigenvalue weighted by Crippen LogP contribution is -2.44.